The van der Waals surface area contributed by atoms with E-state index in [9.17, 15) is 8.42 Å². The molecule has 0 aromatic carbocycles. The molecule has 0 saturated carbocycles. The highest BCUT2D eigenvalue weighted by Crippen LogP contribution is 2.13. The van der Waals surface area contributed by atoms with E-state index < -0.39 is 15.3 Å². The third-order valence-corrected chi connectivity index (χ3v) is 3.96. The van der Waals surface area contributed by atoms with Gasteiger partial charge >= 0.3 is 0 Å². The van der Waals surface area contributed by atoms with Crippen LogP contribution in [0.1, 0.15) is 33.2 Å². The van der Waals surface area contributed by atoms with Crippen LogP contribution in [0.5, 0.6) is 0 Å². The second-order valence-electron chi connectivity index (χ2n) is 3.95. The first-order chi connectivity index (χ1) is 7.90. The fourth-order valence-corrected chi connectivity index (χ4v) is 2.40. The van der Waals surface area contributed by atoms with Crippen LogP contribution in [0.15, 0.2) is 12.3 Å². The van der Waals surface area contributed by atoms with Crippen LogP contribution in [-0.2, 0) is 10.0 Å². The Morgan fingerprint density at radius 2 is 2.24 bits per heavy atom. The maximum atomic E-state index is 11.8. The smallest absolute Gasteiger partial charge is 0.250 e. The summed E-state index contributed by atoms with van der Waals surface area (Å²) in [5.41, 5.74) is 0. The van der Waals surface area contributed by atoms with Gasteiger partial charge in [0.25, 0.3) is 0 Å². The van der Waals surface area contributed by atoms with Crippen LogP contribution < -0.4 is 4.72 Å². The summed E-state index contributed by atoms with van der Waals surface area (Å²) in [7, 11) is -3.67. The number of anilines is 1. The van der Waals surface area contributed by atoms with Crippen LogP contribution in [-0.4, -0.2) is 23.4 Å². The minimum atomic E-state index is -3.67. The van der Waals surface area contributed by atoms with Gasteiger partial charge in [-0.15, -0.1) is 0 Å². The van der Waals surface area contributed by atoms with Gasteiger partial charge in [-0.2, -0.15) is 10.4 Å². The maximum Gasteiger partial charge on any atom is 0.250 e. The first kappa shape index (κ1) is 13.5. The van der Waals surface area contributed by atoms with Gasteiger partial charge in [-0.1, -0.05) is 6.92 Å². The maximum absolute atomic E-state index is 11.8. The summed E-state index contributed by atoms with van der Waals surface area (Å²) in [4.78, 5) is 0. The van der Waals surface area contributed by atoms with E-state index in [0.29, 0.717) is 0 Å². The van der Waals surface area contributed by atoms with Crippen molar-refractivity contribution in [2.24, 2.45) is 0 Å². The molecule has 0 bridgehead atoms. The fraction of sp³-hybridized carbons (Fsp3) is 0.600. The molecule has 0 saturated heterocycles. The van der Waals surface area contributed by atoms with Crippen LogP contribution in [0.3, 0.4) is 0 Å². The van der Waals surface area contributed by atoms with E-state index in [1.807, 2.05) is 13.8 Å². The number of sulfonamides is 1. The third kappa shape index (κ3) is 3.20. The average molecular weight is 256 g/mol. The molecule has 0 aliphatic carbocycles. The van der Waals surface area contributed by atoms with E-state index in [0.717, 1.165) is 0 Å². The lowest BCUT2D eigenvalue weighted by molar-refractivity contribution is 0.534. The van der Waals surface area contributed by atoms with Gasteiger partial charge in [0.2, 0.25) is 10.0 Å². The monoisotopic (exact) mass is 256 g/mol. The van der Waals surface area contributed by atoms with Gasteiger partial charge in [0.1, 0.15) is 0 Å². The van der Waals surface area contributed by atoms with Gasteiger partial charge in [-0.25, -0.2) is 8.42 Å². The number of aromatic nitrogens is 2. The van der Waals surface area contributed by atoms with Crippen LogP contribution in [0.4, 0.5) is 5.82 Å². The normalized spacial score (nSPS) is 13.4. The molecule has 0 fully saturated rings. The Balaban J connectivity index is 2.87. The molecule has 1 heterocycles. The lowest BCUT2D eigenvalue weighted by Gasteiger charge is -2.09. The number of hydrogen-bond donors (Lipinski definition) is 1. The first-order valence-corrected chi connectivity index (χ1v) is 6.91. The number of nitrogens with zero attached hydrogens (tertiary/aromatic N) is 3. The van der Waals surface area contributed by atoms with Crippen molar-refractivity contribution in [1.82, 2.24) is 9.78 Å². The minimum absolute atomic E-state index is 0.159. The van der Waals surface area contributed by atoms with Gasteiger partial charge in [-0.05, 0) is 20.3 Å². The van der Waals surface area contributed by atoms with Crippen molar-refractivity contribution in [3.63, 3.8) is 0 Å². The van der Waals surface area contributed by atoms with Crippen molar-refractivity contribution in [2.75, 3.05) is 4.72 Å². The lowest BCUT2D eigenvalue weighted by Crippen LogP contribution is -2.26. The van der Waals surface area contributed by atoms with Crippen LogP contribution in [0, 0.1) is 11.3 Å². The van der Waals surface area contributed by atoms with E-state index in [1.54, 1.807) is 29.9 Å². The molecule has 1 N–H and O–H groups in total. The molecule has 1 aromatic rings. The summed E-state index contributed by atoms with van der Waals surface area (Å²) in [5, 5.41) is 11.8. The van der Waals surface area contributed by atoms with E-state index in [4.69, 9.17) is 5.26 Å². The largest absolute Gasteiger partial charge is 0.268 e. The standard InChI is InChI=1S/C10H16N4O2S/c1-4-9(7-11)17(15,16)13-10-5-6-14(12-10)8(2)3/h5-6,8-9H,4H2,1-3H3,(H,12,13). The van der Waals surface area contributed by atoms with Crippen molar-refractivity contribution >= 4 is 15.8 Å². The Labute approximate surface area is 101 Å². The molecule has 0 radical (unpaired) electrons. The number of rotatable bonds is 5. The van der Waals surface area contributed by atoms with Crippen molar-refractivity contribution in [3.05, 3.63) is 12.3 Å². The van der Waals surface area contributed by atoms with Gasteiger partial charge in [0.15, 0.2) is 11.1 Å². The number of hydrogen-bond acceptors (Lipinski definition) is 4. The third-order valence-electron chi connectivity index (χ3n) is 2.27. The SMILES string of the molecule is CCC(C#N)S(=O)(=O)Nc1ccn(C(C)C)n1. The van der Waals surface area contributed by atoms with E-state index in [-0.39, 0.29) is 18.3 Å². The highest BCUT2D eigenvalue weighted by atomic mass is 32.2. The van der Waals surface area contributed by atoms with E-state index in [1.165, 1.54) is 0 Å². The van der Waals surface area contributed by atoms with Crippen molar-refractivity contribution < 1.29 is 8.42 Å². The summed E-state index contributed by atoms with van der Waals surface area (Å²) in [6.45, 7) is 5.53. The number of nitriles is 1. The Morgan fingerprint density at radius 1 is 1.59 bits per heavy atom. The van der Waals surface area contributed by atoms with Gasteiger partial charge < -0.3 is 0 Å². The topological polar surface area (TPSA) is 87.8 Å². The highest BCUT2D eigenvalue weighted by molar-refractivity contribution is 7.93. The molecule has 1 atom stereocenters. The molecule has 0 aliphatic rings. The molecule has 6 nitrogen and oxygen atoms in total. The molecule has 17 heavy (non-hydrogen) atoms. The zero-order valence-electron chi connectivity index (χ0n) is 10.1. The Morgan fingerprint density at radius 3 is 2.65 bits per heavy atom. The molecule has 0 spiro atoms. The Hall–Kier alpha value is -1.55. The molecule has 1 unspecified atom stereocenters. The number of nitrogens with one attached hydrogen (secondary N) is 1. The highest BCUT2D eigenvalue weighted by Gasteiger charge is 2.24. The predicted molar refractivity (Wildman–Crippen MR) is 64.8 cm³/mol. The first-order valence-electron chi connectivity index (χ1n) is 5.37. The van der Waals surface area contributed by atoms with Crippen LogP contribution in [0.2, 0.25) is 0 Å². The molecular weight excluding hydrogens is 240 g/mol. The molecule has 1 rings (SSSR count). The minimum Gasteiger partial charge on any atom is -0.268 e. The summed E-state index contributed by atoms with van der Waals surface area (Å²) < 4.78 is 27.5. The van der Waals surface area contributed by atoms with Gasteiger partial charge in [0, 0.05) is 18.3 Å². The lowest BCUT2D eigenvalue weighted by atomic mass is 10.4. The Kier molecular flexibility index (Phi) is 4.12. The molecule has 0 amide bonds. The summed E-state index contributed by atoms with van der Waals surface area (Å²) in [5.74, 6) is 0.243. The summed E-state index contributed by atoms with van der Waals surface area (Å²) in [6.07, 6.45) is 1.94. The second kappa shape index (κ2) is 5.19. The van der Waals surface area contributed by atoms with E-state index >= 15 is 0 Å². The van der Waals surface area contributed by atoms with E-state index in [2.05, 4.69) is 9.82 Å². The van der Waals surface area contributed by atoms with Crippen LogP contribution in [0.25, 0.3) is 0 Å². The predicted octanol–water partition coefficient (Wildman–Crippen LogP) is 1.51. The van der Waals surface area contributed by atoms with Crippen molar-refractivity contribution in [2.45, 2.75) is 38.5 Å². The molecule has 1 aromatic heterocycles. The van der Waals surface area contributed by atoms with Crippen molar-refractivity contribution in [1.29, 1.82) is 5.26 Å². The molecule has 94 valence electrons. The molecule has 0 aliphatic heterocycles. The molecule has 7 heteroatoms. The Bertz CT molecular complexity index is 513. The average Bonchev–Trinajstić information content (AvgIpc) is 2.66. The summed E-state index contributed by atoms with van der Waals surface area (Å²) >= 11 is 0. The van der Waals surface area contributed by atoms with Crippen LogP contribution >= 0.6 is 0 Å². The molecular formula is C10H16N4O2S. The quantitative estimate of drug-likeness (QED) is 0.864. The van der Waals surface area contributed by atoms with Crippen molar-refractivity contribution in [3.8, 4) is 6.07 Å². The second-order valence-corrected chi connectivity index (χ2v) is 5.81. The fourth-order valence-electron chi connectivity index (χ4n) is 1.28. The zero-order chi connectivity index (χ0) is 13.1. The summed E-state index contributed by atoms with van der Waals surface area (Å²) in [6, 6.07) is 3.49. The van der Waals surface area contributed by atoms with Gasteiger partial charge in [0.05, 0.1) is 6.07 Å². The zero-order valence-corrected chi connectivity index (χ0v) is 10.9. The van der Waals surface area contributed by atoms with Gasteiger partial charge in [-0.3, -0.25) is 9.40 Å².